The SMILES string of the molecule is Nc1nc(=S)c2c(ncn2CCOCP(=O)(O)O)[nH]1. The monoisotopic (exact) mass is 305 g/mol. The molecule has 0 unspecified atom stereocenters. The maximum absolute atomic E-state index is 10.6. The van der Waals surface area contributed by atoms with Crippen molar-refractivity contribution in [2.75, 3.05) is 18.7 Å². The molecule has 0 atom stereocenters. The number of nitrogen functional groups attached to an aromatic ring is 1. The van der Waals surface area contributed by atoms with E-state index in [2.05, 4.69) is 15.0 Å². The number of nitrogens with two attached hydrogens (primary N) is 1. The molecule has 0 aliphatic heterocycles. The quantitative estimate of drug-likeness (QED) is 0.349. The molecule has 2 heterocycles. The Balaban J connectivity index is 2.10. The molecule has 104 valence electrons. The number of imidazole rings is 1. The molecule has 0 saturated carbocycles. The Kier molecular flexibility index (Phi) is 3.97. The number of anilines is 1. The zero-order valence-electron chi connectivity index (χ0n) is 9.68. The second-order valence-electron chi connectivity index (χ2n) is 3.76. The molecule has 19 heavy (non-hydrogen) atoms. The molecule has 0 spiro atoms. The summed E-state index contributed by atoms with van der Waals surface area (Å²) in [5.74, 6) is 0.181. The largest absolute Gasteiger partial charge is 0.369 e. The lowest BCUT2D eigenvalue weighted by Crippen LogP contribution is -2.07. The number of H-pyrrole nitrogens is 1. The van der Waals surface area contributed by atoms with Crippen LogP contribution in [0.25, 0.3) is 11.2 Å². The van der Waals surface area contributed by atoms with E-state index in [0.29, 0.717) is 22.3 Å². The van der Waals surface area contributed by atoms with Crippen molar-refractivity contribution in [1.82, 2.24) is 19.5 Å². The Labute approximate surface area is 112 Å². The van der Waals surface area contributed by atoms with Gasteiger partial charge in [-0.1, -0.05) is 12.2 Å². The second kappa shape index (κ2) is 5.35. The van der Waals surface area contributed by atoms with Crippen LogP contribution in [0.4, 0.5) is 5.95 Å². The van der Waals surface area contributed by atoms with Crippen LogP contribution < -0.4 is 5.73 Å². The predicted octanol–water partition coefficient (Wildman–Crippen LogP) is 0.223. The third-order valence-corrected chi connectivity index (χ3v) is 3.05. The van der Waals surface area contributed by atoms with E-state index < -0.39 is 13.9 Å². The lowest BCUT2D eigenvalue weighted by Gasteiger charge is -2.07. The van der Waals surface area contributed by atoms with Crippen molar-refractivity contribution in [3.63, 3.8) is 0 Å². The number of ether oxygens (including phenoxy) is 1. The topological polar surface area (TPSA) is 139 Å². The van der Waals surface area contributed by atoms with Crippen molar-refractivity contribution in [3.8, 4) is 0 Å². The zero-order valence-corrected chi connectivity index (χ0v) is 11.4. The Morgan fingerprint density at radius 2 is 2.32 bits per heavy atom. The summed E-state index contributed by atoms with van der Waals surface area (Å²) in [6.07, 6.45) is 0.913. The fraction of sp³-hybridized carbons (Fsp3) is 0.375. The Bertz CT molecular complexity index is 692. The fourth-order valence-electron chi connectivity index (χ4n) is 1.53. The number of nitrogens with one attached hydrogen (secondary N) is 1. The number of hydrogen-bond acceptors (Lipinski definition) is 6. The van der Waals surface area contributed by atoms with Crippen LogP contribution in [-0.4, -0.2) is 42.3 Å². The molecule has 11 heteroatoms. The van der Waals surface area contributed by atoms with E-state index in [9.17, 15) is 4.57 Å². The molecule has 0 amide bonds. The minimum Gasteiger partial charge on any atom is -0.369 e. The van der Waals surface area contributed by atoms with E-state index in [1.807, 2.05) is 0 Å². The van der Waals surface area contributed by atoms with Gasteiger partial charge < -0.3 is 29.8 Å². The van der Waals surface area contributed by atoms with E-state index in [1.165, 1.54) is 6.33 Å². The van der Waals surface area contributed by atoms with Crippen molar-refractivity contribution in [3.05, 3.63) is 11.0 Å². The lowest BCUT2D eigenvalue weighted by molar-refractivity contribution is 0.149. The summed E-state index contributed by atoms with van der Waals surface area (Å²) in [6.45, 7) is 0.468. The van der Waals surface area contributed by atoms with Gasteiger partial charge in [-0.3, -0.25) is 4.57 Å². The van der Waals surface area contributed by atoms with E-state index in [0.717, 1.165) is 0 Å². The van der Waals surface area contributed by atoms with Gasteiger partial charge in [-0.05, 0) is 0 Å². The molecule has 0 aliphatic rings. The molecule has 0 aliphatic carbocycles. The molecule has 2 rings (SSSR count). The minimum absolute atomic E-state index is 0.121. The third kappa shape index (κ3) is 3.58. The molecule has 9 nitrogen and oxygen atoms in total. The first-order chi connectivity index (χ1) is 8.87. The van der Waals surface area contributed by atoms with Crippen LogP contribution in [0.3, 0.4) is 0 Å². The van der Waals surface area contributed by atoms with E-state index in [4.69, 9.17) is 32.5 Å². The number of rotatable bonds is 5. The molecular formula is C8H12N5O4PS. The van der Waals surface area contributed by atoms with E-state index >= 15 is 0 Å². The normalized spacial score (nSPS) is 12.1. The van der Waals surface area contributed by atoms with Gasteiger partial charge in [0.1, 0.15) is 11.9 Å². The van der Waals surface area contributed by atoms with Gasteiger partial charge in [0.2, 0.25) is 5.95 Å². The minimum atomic E-state index is -4.14. The number of aromatic nitrogens is 4. The maximum Gasteiger partial charge on any atom is 0.350 e. The predicted molar refractivity (Wildman–Crippen MR) is 70.0 cm³/mol. The summed E-state index contributed by atoms with van der Waals surface area (Å²) in [7, 11) is -4.14. The van der Waals surface area contributed by atoms with Gasteiger partial charge in [-0.2, -0.15) is 0 Å². The van der Waals surface area contributed by atoms with Gasteiger partial charge in [0, 0.05) is 6.54 Å². The van der Waals surface area contributed by atoms with E-state index in [1.54, 1.807) is 4.57 Å². The Morgan fingerprint density at radius 1 is 1.58 bits per heavy atom. The average molecular weight is 305 g/mol. The second-order valence-corrected chi connectivity index (χ2v) is 5.74. The van der Waals surface area contributed by atoms with Crippen LogP contribution in [0.15, 0.2) is 6.33 Å². The number of nitrogens with zero attached hydrogens (tertiary/aromatic N) is 3. The summed E-state index contributed by atoms with van der Waals surface area (Å²) in [6, 6.07) is 0. The highest BCUT2D eigenvalue weighted by atomic mass is 32.1. The van der Waals surface area contributed by atoms with Gasteiger partial charge in [0.25, 0.3) is 0 Å². The van der Waals surface area contributed by atoms with Crippen LogP contribution in [0, 0.1) is 4.64 Å². The van der Waals surface area contributed by atoms with Crippen molar-refractivity contribution in [1.29, 1.82) is 0 Å². The summed E-state index contributed by atoms with van der Waals surface area (Å²) in [4.78, 5) is 28.0. The van der Waals surface area contributed by atoms with Gasteiger partial charge in [0.15, 0.2) is 10.3 Å². The average Bonchev–Trinajstić information content (AvgIpc) is 2.66. The van der Waals surface area contributed by atoms with Crippen LogP contribution in [-0.2, 0) is 15.8 Å². The van der Waals surface area contributed by atoms with Gasteiger partial charge in [0.05, 0.1) is 12.9 Å². The standard InChI is InChI=1S/C8H12N5O4PS/c9-8-11-6-5(7(19)12-8)13(3-10-6)1-2-17-4-18(14,15)16/h3H,1-2,4H2,(H2,14,15,16)(H3,9,11,12,19). The van der Waals surface area contributed by atoms with Gasteiger partial charge >= 0.3 is 7.60 Å². The molecule has 0 aromatic carbocycles. The van der Waals surface area contributed by atoms with Crippen molar-refractivity contribution in [2.45, 2.75) is 6.54 Å². The smallest absolute Gasteiger partial charge is 0.350 e. The first kappa shape index (κ1) is 14.1. The molecule has 0 bridgehead atoms. The zero-order chi connectivity index (χ0) is 14.0. The number of hydrogen-bond donors (Lipinski definition) is 4. The van der Waals surface area contributed by atoms with Crippen molar-refractivity contribution in [2.24, 2.45) is 0 Å². The number of aromatic amines is 1. The molecule has 0 saturated heterocycles. The van der Waals surface area contributed by atoms with Crippen LogP contribution in [0.1, 0.15) is 0 Å². The first-order valence-corrected chi connectivity index (χ1v) is 7.40. The highest BCUT2D eigenvalue weighted by Crippen LogP contribution is 2.33. The van der Waals surface area contributed by atoms with E-state index in [-0.39, 0.29) is 12.6 Å². The maximum atomic E-state index is 10.6. The van der Waals surface area contributed by atoms with Crippen LogP contribution in [0.2, 0.25) is 0 Å². The summed E-state index contributed by atoms with van der Waals surface area (Å²) in [5, 5.41) is 0. The van der Waals surface area contributed by atoms with Crippen molar-refractivity contribution < 1.29 is 19.1 Å². The highest BCUT2D eigenvalue weighted by molar-refractivity contribution is 7.71. The molecule has 2 aromatic heterocycles. The van der Waals surface area contributed by atoms with Crippen LogP contribution in [0.5, 0.6) is 0 Å². The molecule has 0 fully saturated rings. The van der Waals surface area contributed by atoms with Gasteiger partial charge in [-0.25, -0.2) is 9.97 Å². The number of fused-ring (bicyclic) bond motifs is 1. The molecule has 5 N–H and O–H groups in total. The first-order valence-electron chi connectivity index (χ1n) is 5.20. The van der Waals surface area contributed by atoms with Crippen molar-refractivity contribution >= 4 is 36.9 Å². The molecule has 2 aromatic rings. The summed E-state index contributed by atoms with van der Waals surface area (Å²) >= 11 is 5.08. The summed E-state index contributed by atoms with van der Waals surface area (Å²) in [5.41, 5.74) is 6.62. The Hall–Kier alpha value is -1.32. The molecular weight excluding hydrogens is 293 g/mol. The lowest BCUT2D eigenvalue weighted by atomic mass is 10.5. The van der Waals surface area contributed by atoms with Crippen LogP contribution >= 0.6 is 19.8 Å². The highest BCUT2D eigenvalue weighted by Gasteiger charge is 2.12. The third-order valence-electron chi connectivity index (χ3n) is 2.24. The van der Waals surface area contributed by atoms with Gasteiger partial charge in [-0.15, -0.1) is 0 Å². The molecule has 0 radical (unpaired) electrons. The Morgan fingerprint density at radius 3 is 3.00 bits per heavy atom. The fourth-order valence-corrected chi connectivity index (χ4v) is 2.20. The summed E-state index contributed by atoms with van der Waals surface area (Å²) < 4.78 is 17.5.